The molecule has 0 bridgehead atoms. The van der Waals surface area contributed by atoms with E-state index in [0.717, 1.165) is 34.7 Å². The standard InChI is InChI=1S/C18H24N6O2/c1-11-10-26-8-7-24(11)14-9-12(18(2,3)25)17-16(20-14)15(22-23(17)4)13-5-6-19-21-13/h5-6,9,11,25H,7-8,10H2,1-4H3,(H,19,21). The molecule has 1 saturated heterocycles. The van der Waals surface area contributed by atoms with Gasteiger partial charge in [0.05, 0.1) is 30.4 Å². The SMILES string of the molecule is CC1COCCN1c1cc(C(C)(C)O)c2c(n1)c(-c1cc[nH]n1)nn2C. The molecule has 8 nitrogen and oxygen atoms in total. The second kappa shape index (κ2) is 6.07. The maximum Gasteiger partial charge on any atom is 0.139 e. The lowest BCUT2D eigenvalue weighted by molar-refractivity contribution is 0.0795. The monoisotopic (exact) mass is 356 g/mol. The van der Waals surface area contributed by atoms with Gasteiger partial charge in [0.25, 0.3) is 0 Å². The van der Waals surface area contributed by atoms with Crippen molar-refractivity contribution < 1.29 is 9.84 Å². The molecule has 3 aromatic rings. The Labute approximate surface area is 151 Å². The number of nitrogens with one attached hydrogen (secondary N) is 1. The quantitative estimate of drug-likeness (QED) is 0.744. The van der Waals surface area contributed by atoms with Crippen molar-refractivity contribution in [2.75, 3.05) is 24.7 Å². The first-order valence-corrected chi connectivity index (χ1v) is 8.81. The van der Waals surface area contributed by atoms with E-state index in [9.17, 15) is 5.11 Å². The normalized spacial score (nSPS) is 18.7. The second-order valence-corrected chi connectivity index (χ2v) is 7.33. The molecule has 0 spiro atoms. The van der Waals surface area contributed by atoms with Gasteiger partial charge in [0.15, 0.2) is 0 Å². The average Bonchev–Trinajstić information content (AvgIpc) is 3.22. The van der Waals surface area contributed by atoms with Crippen molar-refractivity contribution in [3.8, 4) is 11.4 Å². The number of morpholine rings is 1. The van der Waals surface area contributed by atoms with E-state index in [4.69, 9.17) is 9.72 Å². The zero-order valence-electron chi connectivity index (χ0n) is 15.5. The number of pyridine rings is 1. The highest BCUT2D eigenvalue weighted by molar-refractivity contribution is 5.92. The molecule has 1 aliphatic heterocycles. The molecule has 26 heavy (non-hydrogen) atoms. The molecule has 8 heteroatoms. The fourth-order valence-electron chi connectivity index (χ4n) is 3.51. The van der Waals surface area contributed by atoms with Gasteiger partial charge in [-0.05, 0) is 32.9 Å². The molecule has 0 saturated carbocycles. The number of aliphatic hydroxyl groups is 1. The van der Waals surface area contributed by atoms with E-state index in [-0.39, 0.29) is 6.04 Å². The van der Waals surface area contributed by atoms with E-state index in [0.29, 0.717) is 18.9 Å². The van der Waals surface area contributed by atoms with Crippen LogP contribution in [0.15, 0.2) is 18.3 Å². The lowest BCUT2D eigenvalue weighted by Crippen LogP contribution is -2.44. The van der Waals surface area contributed by atoms with Gasteiger partial charge in [0, 0.05) is 25.4 Å². The summed E-state index contributed by atoms with van der Waals surface area (Å²) in [6.07, 6.45) is 1.76. The van der Waals surface area contributed by atoms with Gasteiger partial charge >= 0.3 is 0 Å². The molecule has 4 heterocycles. The van der Waals surface area contributed by atoms with E-state index in [2.05, 4.69) is 27.1 Å². The summed E-state index contributed by atoms with van der Waals surface area (Å²) in [6.45, 7) is 7.79. The van der Waals surface area contributed by atoms with Crippen LogP contribution < -0.4 is 4.90 Å². The summed E-state index contributed by atoms with van der Waals surface area (Å²) < 4.78 is 7.33. The number of aromatic amines is 1. The van der Waals surface area contributed by atoms with Crippen LogP contribution in [-0.2, 0) is 17.4 Å². The van der Waals surface area contributed by atoms with Crippen LogP contribution in [0.5, 0.6) is 0 Å². The minimum Gasteiger partial charge on any atom is -0.386 e. The van der Waals surface area contributed by atoms with E-state index < -0.39 is 5.60 Å². The number of hydrogen-bond acceptors (Lipinski definition) is 6. The third kappa shape index (κ3) is 2.75. The summed E-state index contributed by atoms with van der Waals surface area (Å²) in [4.78, 5) is 7.14. The summed E-state index contributed by atoms with van der Waals surface area (Å²) in [6, 6.07) is 4.06. The Balaban J connectivity index is 1.98. The Hall–Kier alpha value is -2.45. The van der Waals surface area contributed by atoms with Gasteiger partial charge in [0.1, 0.15) is 22.7 Å². The molecule has 1 aliphatic rings. The minimum atomic E-state index is -1.03. The summed E-state index contributed by atoms with van der Waals surface area (Å²) in [7, 11) is 1.87. The van der Waals surface area contributed by atoms with Gasteiger partial charge in [0.2, 0.25) is 0 Å². The third-order valence-corrected chi connectivity index (χ3v) is 4.84. The summed E-state index contributed by atoms with van der Waals surface area (Å²) in [5, 5.41) is 22.5. The molecule has 4 rings (SSSR count). The van der Waals surface area contributed by atoms with E-state index in [1.807, 2.05) is 19.2 Å². The fourth-order valence-corrected chi connectivity index (χ4v) is 3.51. The summed E-state index contributed by atoms with van der Waals surface area (Å²) in [5.41, 5.74) is 2.78. The highest BCUT2D eigenvalue weighted by atomic mass is 16.5. The van der Waals surface area contributed by atoms with Crippen molar-refractivity contribution in [3.63, 3.8) is 0 Å². The topological polar surface area (TPSA) is 92.1 Å². The average molecular weight is 356 g/mol. The molecule has 0 radical (unpaired) electrons. The molecule has 2 N–H and O–H groups in total. The van der Waals surface area contributed by atoms with Gasteiger partial charge in [-0.2, -0.15) is 10.2 Å². The van der Waals surface area contributed by atoms with Gasteiger partial charge in [-0.15, -0.1) is 0 Å². The second-order valence-electron chi connectivity index (χ2n) is 7.33. The summed E-state index contributed by atoms with van der Waals surface area (Å²) >= 11 is 0. The number of nitrogens with zero attached hydrogens (tertiary/aromatic N) is 5. The largest absolute Gasteiger partial charge is 0.386 e. The Morgan fingerprint density at radius 3 is 2.85 bits per heavy atom. The molecule has 138 valence electrons. The predicted molar refractivity (Wildman–Crippen MR) is 99.0 cm³/mol. The molecule has 1 fully saturated rings. The lowest BCUT2D eigenvalue weighted by atomic mass is 9.97. The van der Waals surface area contributed by atoms with Crippen molar-refractivity contribution in [2.45, 2.75) is 32.4 Å². The first-order valence-electron chi connectivity index (χ1n) is 8.81. The molecular formula is C18H24N6O2. The van der Waals surface area contributed by atoms with Crippen LogP contribution in [0.4, 0.5) is 5.82 Å². The minimum absolute atomic E-state index is 0.217. The Kier molecular flexibility index (Phi) is 3.96. The van der Waals surface area contributed by atoms with Crippen LogP contribution in [0.3, 0.4) is 0 Å². The van der Waals surface area contributed by atoms with Crippen molar-refractivity contribution in [3.05, 3.63) is 23.9 Å². The first-order chi connectivity index (χ1) is 12.4. The molecule has 0 aromatic carbocycles. The highest BCUT2D eigenvalue weighted by Gasteiger charge is 2.29. The summed E-state index contributed by atoms with van der Waals surface area (Å²) in [5.74, 6) is 0.829. The van der Waals surface area contributed by atoms with Crippen molar-refractivity contribution >= 4 is 16.9 Å². The van der Waals surface area contributed by atoms with Crippen molar-refractivity contribution in [2.24, 2.45) is 7.05 Å². The van der Waals surface area contributed by atoms with E-state index >= 15 is 0 Å². The molecule has 1 unspecified atom stereocenters. The lowest BCUT2D eigenvalue weighted by Gasteiger charge is -2.35. The van der Waals surface area contributed by atoms with Gasteiger partial charge in [-0.1, -0.05) is 0 Å². The highest BCUT2D eigenvalue weighted by Crippen LogP contribution is 2.35. The molecular weight excluding hydrogens is 332 g/mol. The van der Waals surface area contributed by atoms with Crippen LogP contribution in [0, 0.1) is 0 Å². The van der Waals surface area contributed by atoms with Crippen LogP contribution in [0.2, 0.25) is 0 Å². The third-order valence-electron chi connectivity index (χ3n) is 4.84. The number of anilines is 1. The smallest absolute Gasteiger partial charge is 0.139 e. The van der Waals surface area contributed by atoms with E-state index in [1.165, 1.54) is 0 Å². The zero-order chi connectivity index (χ0) is 18.5. The molecule has 0 amide bonds. The van der Waals surface area contributed by atoms with Crippen LogP contribution in [-0.4, -0.2) is 55.9 Å². The van der Waals surface area contributed by atoms with Crippen molar-refractivity contribution in [1.29, 1.82) is 0 Å². The maximum absolute atomic E-state index is 10.8. The molecule has 0 aliphatic carbocycles. The number of aryl methyl sites for hydroxylation is 1. The number of rotatable bonds is 3. The number of H-pyrrole nitrogens is 1. The van der Waals surface area contributed by atoms with Crippen LogP contribution in [0.1, 0.15) is 26.3 Å². The number of ether oxygens (including phenoxy) is 1. The maximum atomic E-state index is 10.8. The van der Waals surface area contributed by atoms with Gasteiger partial charge in [-0.25, -0.2) is 4.98 Å². The number of fused-ring (bicyclic) bond motifs is 1. The molecule has 3 aromatic heterocycles. The van der Waals surface area contributed by atoms with E-state index in [1.54, 1.807) is 24.7 Å². The van der Waals surface area contributed by atoms with Gasteiger partial charge < -0.3 is 14.7 Å². The van der Waals surface area contributed by atoms with Crippen LogP contribution in [0.25, 0.3) is 22.4 Å². The Morgan fingerprint density at radius 1 is 1.38 bits per heavy atom. The van der Waals surface area contributed by atoms with Gasteiger partial charge in [-0.3, -0.25) is 9.78 Å². The zero-order valence-corrected chi connectivity index (χ0v) is 15.5. The number of hydrogen-bond donors (Lipinski definition) is 2. The van der Waals surface area contributed by atoms with Crippen molar-refractivity contribution in [1.82, 2.24) is 25.0 Å². The first kappa shape index (κ1) is 17.0. The van der Waals surface area contributed by atoms with Crippen LogP contribution >= 0.6 is 0 Å². The fraction of sp³-hybridized carbons (Fsp3) is 0.500. The Bertz CT molecular complexity index is 925. The Morgan fingerprint density at radius 2 is 2.19 bits per heavy atom. The number of aromatic nitrogens is 5. The molecule has 1 atom stereocenters. The predicted octanol–water partition coefficient (Wildman–Crippen LogP) is 1.81.